The molecule has 0 saturated heterocycles. The largest absolute Gasteiger partial charge is 0.429 e. The van der Waals surface area contributed by atoms with Crippen molar-refractivity contribution >= 4 is 12.2 Å². The topological polar surface area (TPSA) is 38.7 Å². The molecular formula is C19H28FNO2. The van der Waals surface area contributed by atoms with E-state index in [0.29, 0.717) is 35.7 Å². The van der Waals surface area contributed by atoms with Crippen molar-refractivity contribution < 1.29 is 13.9 Å². The van der Waals surface area contributed by atoms with E-state index in [0.717, 1.165) is 12.1 Å². The number of halogens is 1. The lowest BCUT2D eigenvalue weighted by atomic mass is 10.0. The summed E-state index contributed by atoms with van der Waals surface area (Å²) in [4.78, 5) is 15.1. The zero-order chi connectivity index (χ0) is 18.0. The van der Waals surface area contributed by atoms with Gasteiger partial charge < -0.3 is 4.74 Å². The van der Waals surface area contributed by atoms with Gasteiger partial charge in [-0.15, -0.1) is 0 Å². The van der Waals surface area contributed by atoms with Gasteiger partial charge in [0.25, 0.3) is 6.47 Å². The summed E-state index contributed by atoms with van der Waals surface area (Å²) in [5.74, 6) is 0.431. The summed E-state index contributed by atoms with van der Waals surface area (Å²) in [6.45, 7) is 15.2. The fraction of sp³-hybridized carbons (Fsp3) is 0.474. The van der Waals surface area contributed by atoms with E-state index < -0.39 is 0 Å². The summed E-state index contributed by atoms with van der Waals surface area (Å²) >= 11 is 0. The Kier molecular flexibility index (Phi) is 9.79. The molecule has 0 spiro atoms. The Bertz CT molecular complexity index is 550. The van der Waals surface area contributed by atoms with Crippen molar-refractivity contribution in [3.63, 3.8) is 0 Å². The predicted molar refractivity (Wildman–Crippen MR) is 94.8 cm³/mol. The summed E-state index contributed by atoms with van der Waals surface area (Å²) in [5.41, 5.74) is 3.00. The summed E-state index contributed by atoms with van der Waals surface area (Å²) in [6.07, 6.45) is 5.14. The zero-order valence-corrected chi connectivity index (χ0v) is 15.1. The Morgan fingerprint density at radius 2 is 1.91 bits per heavy atom. The maximum Gasteiger partial charge on any atom is 0.298 e. The Morgan fingerprint density at radius 1 is 1.30 bits per heavy atom. The van der Waals surface area contributed by atoms with Crippen LogP contribution in [-0.2, 0) is 9.53 Å². The monoisotopic (exact) mass is 321 g/mol. The molecule has 23 heavy (non-hydrogen) atoms. The van der Waals surface area contributed by atoms with Crippen LogP contribution in [0.5, 0.6) is 0 Å². The molecule has 0 aromatic carbocycles. The maximum absolute atomic E-state index is 13.1. The average molecular weight is 321 g/mol. The molecule has 1 unspecified atom stereocenters. The van der Waals surface area contributed by atoms with E-state index in [1.807, 2.05) is 19.1 Å². The van der Waals surface area contributed by atoms with E-state index in [9.17, 15) is 9.18 Å². The molecule has 128 valence electrons. The molecule has 0 rings (SSSR count). The minimum absolute atomic E-state index is 0.176. The van der Waals surface area contributed by atoms with Crippen LogP contribution in [0, 0.1) is 5.92 Å². The second kappa shape index (κ2) is 10.7. The van der Waals surface area contributed by atoms with Gasteiger partial charge in [-0.2, -0.15) is 0 Å². The number of rotatable bonds is 9. The first-order valence-electron chi connectivity index (χ1n) is 7.78. The number of allylic oxidation sites excluding steroid dienone is 5. The lowest BCUT2D eigenvalue weighted by Gasteiger charge is -2.11. The minimum Gasteiger partial charge on any atom is -0.429 e. The first-order valence-corrected chi connectivity index (χ1v) is 7.78. The molecule has 1 atom stereocenters. The third-order valence-electron chi connectivity index (χ3n) is 3.90. The Labute approximate surface area is 139 Å². The van der Waals surface area contributed by atoms with Gasteiger partial charge in [0.1, 0.15) is 5.76 Å². The second-order valence-corrected chi connectivity index (χ2v) is 5.63. The molecule has 0 aromatic rings. The minimum atomic E-state index is -0.176. The van der Waals surface area contributed by atoms with Crippen molar-refractivity contribution in [1.29, 1.82) is 0 Å². The predicted octanol–water partition coefficient (Wildman–Crippen LogP) is 5.66. The highest BCUT2D eigenvalue weighted by molar-refractivity contribution is 5.85. The van der Waals surface area contributed by atoms with Crippen molar-refractivity contribution in [3.8, 4) is 0 Å². The van der Waals surface area contributed by atoms with Gasteiger partial charge in [0, 0.05) is 11.3 Å². The second-order valence-electron chi connectivity index (χ2n) is 5.63. The Hall–Kier alpha value is -1.97. The van der Waals surface area contributed by atoms with E-state index in [1.54, 1.807) is 13.8 Å². The molecule has 0 aliphatic carbocycles. The average Bonchev–Trinajstić information content (AvgIpc) is 2.51. The van der Waals surface area contributed by atoms with Gasteiger partial charge in [-0.3, -0.25) is 9.79 Å². The van der Waals surface area contributed by atoms with E-state index in [-0.39, 0.29) is 11.6 Å². The fourth-order valence-electron chi connectivity index (χ4n) is 1.62. The molecule has 0 amide bonds. The van der Waals surface area contributed by atoms with Crippen molar-refractivity contribution in [2.24, 2.45) is 10.9 Å². The summed E-state index contributed by atoms with van der Waals surface area (Å²) < 4.78 is 17.9. The van der Waals surface area contributed by atoms with Crippen LogP contribution in [0.1, 0.15) is 54.4 Å². The Balaban J connectivity index is 5.60. The summed E-state index contributed by atoms with van der Waals surface area (Å²) in [5, 5.41) is 0. The third kappa shape index (κ3) is 7.73. The molecule has 0 aliphatic heterocycles. The fourth-order valence-corrected chi connectivity index (χ4v) is 1.62. The maximum atomic E-state index is 13.1. The molecule has 4 heteroatoms. The van der Waals surface area contributed by atoms with Gasteiger partial charge in [0.15, 0.2) is 0 Å². The van der Waals surface area contributed by atoms with E-state index in [4.69, 9.17) is 4.74 Å². The number of hydrogen-bond donors (Lipinski definition) is 0. The number of carbonyl (C=O) groups is 1. The van der Waals surface area contributed by atoms with Crippen LogP contribution in [0.25, 0.3) is 0 Å². The first kappa shape index (κ1) is 21.0. The number of aliphatic imine (C=N–C) groups is 1. The first-order chi connectivity index (χ1) is 10.7. The zero-order valence-electron chi connectivity index (χ0n) is 15.1. The van der Waals surface area contributed by atoms with Gasteiger partial charge in [-0.1, -0.05) is 26.5 Å². The molecule has 0 radical (unpaired) electrons. The number of hydrogen-bond acceptors (Lipinski definition) is 3. The molecule has 0 saturated carbocycles. The van der Waals surface area contributed by atoms with Crippen LogP contribution in [0.3, 0.4) is 0 Å². The van der Waals surface area contributed by atoms with Crippen LogP contribution in [0.15, 0.2) is 52.2 Å². The molecule has 0 N–H and O–H groups in total. The van der Waals surface area contributed by atoms with Crippen LogP contribution in [-0.4, -0.2) is 12.2 Å². The smallest absolute Gasteiger partial charge is 0.298 e. The standard InChI is InChI=1S/C19H28FNO2/c1-8-13(2)17(6)21-19(15(4)18(7)23-12-22)11-9-10-14(3)16(5)20/h9,11-13H,7-8,10H2,1-6H3/b11-9-,16-14+,19-15-,21-17?. The number of ether oxygens (including phenoxy) is 1. The highest BCUT2D eigenvalue weighted by Gasteiger charge is 2.08. The van der Waals surface area contributed by atoms with Gasteiger partial charge in [-0.25, -0.2) is 4.39 Å². The van der Waals surface area contributed by atoms with Crippen LogP contribution >= 0.6 is 0 Å². The summed E-state index contributed by atoms with van der Waals surface area (Å²) in [6, 6.07) is 0. The Morgan fingerprint density at radius 3 is 2.39 bits per heavy atom. The lowest BCUT2D eigenvalue weighted by Crippen LogP contribution is -2.06. The number of nitrogens with zero attached hydrogens (tertiary/aromatic N) is 1. The van der Waals surface area contributed by atoms with Crippen molar-refractivity contribution in [2.75, 3.05) is 0 Å². The normalized spacial score (nSPS) is 15.9. The molecule has 0 fully saturated rings. The van der Waals surface area contributed by atoms with Gasteiger partial charge >= 0.3 is 0 Å². The van der Waals surface area contributed by atoms with Gasteiger partial charge in [0.2, 0.25) is 0 Å². The van der Waals surface area contributed by atoms with Crippen LogP contribution in [0.4, 0.5) is 4.39 Å². The van der Waals surface area contributed by atoms with E-state index >= 15 is 0 Å². The quantitative estimate of drug-likeness (QED) is 0.238. The van der Waals surface area contributed by atoms with Crippen LogP contribution < -0.4 is 0 Å². The molecule has 0 aliphatic rings. The summed E-state index contributed by atoms with van der Waals surface area (Å²) in [7, 11) is 0. The molecule has 0 heterocycles. The molecular weight excluding hydrogens is 293 g/mol. The van der Waals surface area contributed by atoms with Gasteiger partial charge in [-0.05, 0) is 58.1 Å². The SMILES string of the molecule is C=C(OC=O)/C(C)=C(/C=C\C/C(C)=C(\C)F)N=C(C)C(C)CC. The number of carbonyl (C=O) groups excluding carboxylic acids is 1. The highest BCUT2D eigenvalue weighted by atomic mass is 19.1. The highest BCUT2D eigenvalue weighted by Crippen LogP contribution is 2.19. The van der Waals surface area contributed by atoms with Crippen molar-refractivity contribution in [2.45, 2.75) is 54.4 Å². The van der Waals surface area contributed by atoms with E-state index in [2.05, 4.69) is 25.4 Å². The third-order valence-corrected chi connectivity index (χ3v) is 3.90. The molecule has 0 aromatic heterocycles. The van der Waals surface area contributed by atoms with Gasteiger partial charge in [0.05, 0.1) is 11.5 Å². The van der Waals surface area contributed by atoms with Crippen molar-refractivity contribution in [3.05, 3.63) is 47.2 Å². The van der Waals surface area contributed by atoms with Crippen molar-refractivity contribution in [1.82, 2.24) is 0 Å². The molecule has 0 bridgehead atoms. The van der Waals surface area contributed by atoms with Crippen LogP contribution in [0.2, 0.25) is 0 Å². The van der Waals surface area contributed by atoms with E-state index in [1.165, 1.54) is 6.92 Å². The molecule has 3 nitrogen and oxygen atoms in total. The lowest BCUT2D eigenvalue weighted by molar-refractivity contribution is -0.124.